The third kappa shape index (κ3) is 7.39. The van der Waals surface area contributed by atoms with Gasteiger partial charge in [0, 0.05) is 19.6 Å². The maximum Gasteiger partial charge on any atom is 0.239 e. The number of likely N-dealkylation sites (tertiary alicyclic amines) is 1. The molecule has 0 bridgehead atoms. The van der Waals surface area contributed by atoms with Crippen molar-refractivity contribution in [2.24, 2.45) is 11.7 Å². The first-order valence-corrected chi connectivity index (χ1v) is 8.22. The first-order valence-electron chi connectivity index (χ1n) is 8.22. The van der Waals surface area contributed by atoms with Gasteiger partial charge in [-0.25, -0.2) is 0 Å². The lowest BCUT2D eigenvalue weighted by atomic mass is 9.99. The fourth-order valence-electron chi connectivity index (χ4n) is 2.86. The maximum atomic E-state index is 11.8. The van der Waals surface area contributed by atoms with Gasteiger partial charge in [-0.2, -0.15) is 0 Å². The van der Waals surface area contributed by atoms with Gasteiger partial charge < -0.3 is 11.1 Å². The Kier molecular flexibility index (Phi) is 9.90. The number of amides is 1. The fraction of sp³-hybridized carbons (Fsp3) is 0.611. The molecule has 1 atom stereocenters. The lowest BCUT2D eigenvalue weighted by molar-refractivity contribution is -0.125. The molecule has 1 saturated heterocycles. The molecule has 24 heavy (non-hydrogen) atoms. The highest BCUT2D eigenvalue weighted by Crippen LogP contribution is 2.18. The average molecular weight is 376 g/mol. The second kappa shape index (κ2) is 10.2. The van der Waals surface area contributed by atoms with Crippen LogP contribution >= 0.6 is 24.8 Å². The van der Waals surface area contributed by atoms with E-state index in [0.29, 0.717) is 6.54 Å². The van der Waals surface area contributed by atoms with Crippen LogP contribution in [0.25, 0.3) is 0 Å². The summed E-state index contributed by atoms with van der Waals surface area (Å²) in [7, 11) is 0. The highest BCUT2D eigenvalue weighted by atomic mass is 35.5. The van der Waals surface area contributed by atoms with Gasteiger partial charge in [-0.05, 0) is 50.3 Å². The molecule has 1 fully saturated rings. The number of rotatable bonds is 5. The van der Waals surface area contributed by atoms with E-state index >= 15 is 0 Å². The summed E-state index contributed by atoms with van der Waals surface area (Å²) < 4.78 is 0. The summed E-state index contributed by atoms with van der Waals surface area (Å²) in [6.45, 7) is 9.71. The Labute approximate surface area is 158 Å². The molecule has 0 spiro atoms. The van der Waals surface area contributed by atoms with Gasteiger partial charge in [0.05, 0.1) is 5.54 Å². The highest BCUT2D eigenvalue weighted by Gasteiger charge is 2.21. The number of carbonyl (C=O) groups excluding carboxylic acids is 1. The Balaban J connectivity index is 0.00000264. The number of piperidine rings is 1. The second-order valence-electron chi connectivity index (χ2n) is 7.20. The molecule has 1 amide bonds. The Morgan fingerprint density at radius 2 is 1.83 bits per heavy atom. The van der Waals surface area contributed by atoms with E-state index in [-0.39, 0.29) is 30.7 Å². The van der Waals surface area contributed by atoms with Gasteiger partial charge in [0.25, 0.3) is 0 Å². The minimum Gasteiger partial charge on any atom is -0.350 e. The zero-order valence-corrected chi connectivity index (χ0v) is 16.5. The van der Waals surface area contributed by atoms with Crippen LogP contribution in [0.1, 0.15) is 44.7 Å². The number of halogens is 2. The molecule has 2 rings (SSSR count). The number of nitrogens with one attached hydrogen (secondary N) is 1. The molecule has 1 aromatic carbocycles. The third-order valence-electron chi connectivity index (χ3n) is 4.21. The zero-order chi connectivity index (χ0) is 16.2. The van der Waals surface area contributed by atoms with Gasteiger partial charge in [0.2, 0.25) is 5.91 Å². The monoisotopic (exact) mass is 375 g/mol. The first kappa shape index (κ1) is 23.2. The molecule has 0 saturated carbocycles. The van der Waals surface area contributed by atoms with Crippen LogP contribution in [-0.2, 0) is 17.9 Å². The number of benzene rings is 1. The van der Waals surface area contributed by atoms with Crippen molar-refractivity contribution in [3.05, 3.63) is 35.4 Å². The second-order valence-corrected chi connectivity index (χ2v) is 7.20. The van der Waals surface area contributed by atoms with Gasteiger partial charge in [-0.15, -0.1) is 24.8 Å². The summed E-state index contributed by atoms with van der Waals surface area (Å²) in [5.41, 5.74) is 7.38. The van der Waals surface area contributed by atoms with Crippen molar-refractivity contribution < 1.29 is 4.79 Å². The Morgan fingerprint density at radius 1 is 1.25 bits per heavy atom. The molecule has 1 aromatic rings. The number of nitrogens with zero attached hydrogens (tertiary/aromatic N) is 1. The van der Waals surface area contributed by atoms with Gasteiger partial charge in [0.1, 0.15) is 0 Å². The third-order valence-corrected chi connectivity index (χ3v) is 4.21. The number of carbonyl (C=O) groups is 1. The van der Waals surface area contributed by atoms with Gasteiger partial charge in [-0.1, -0.05) is 31.2 Å². The summed E-state index contributed by atoms with van der Waals surface area (Å²) in [6.07, 6.45) is 2.66. The van der Waals surface area contributed by atoms with E-state index in [1.165, 1.54) is 31.5 Å². The van der Waals surface area contributed by atoms with Crippen molar-refractivity contribution >= 4 is 30.7 Å². The molecule has 0 radical (unpaired) electrons. The molecule has 6 heteroatoms. The molecule has 3 N–H and O–H groups in total. The van der Waals surface area contributed by atoms with E-state index in [4.69, 9.17) is 5.73 Å². The molecule has 1 aliphatic rings. The number of hydrogen-bond acceptors (Lipinski definition) is 3. The average Bonchev–Trinajstić information content (AvgIpc) is 2.45. The van der Waals surface area contributed by atoms with Crippen LogP contribution in [0.4, 0.5) is 0 Å². The van der Waals surface area contributed by atoms with Crippen molar-refractivity contribution in [1.29, 1.82) is 0 Å². The summed E-state index contributed by atoms with van der Waals surface area (Å²) >= 11 is 0. The predicted molar refractivity (Wildman–Crippen MR) is 105 cm³/mol. The van der Waals surface area contributed by atoms with E-state index in [9.17, 15) is 4.79 Å². The Bertz CT molecular complexity index is 500. The standard InChI is InChI=1S/C18H29N3O.2ClH/c1-14-5-4-10-21(12-14)13-16-8-6-15(7-9-16)11-20-17(22)18(2,3)19;;/h6-9,14H,4-5,10-13,19H2,1-3H3,(H,20,22);2*1H. The fourth-order valence-corrected chi connectivity index (χ4v) is 2.86. The van der Waals surface area contributed by atoms with Crippen LogP contribution in [-0.4, -0.2) is 29.4 Å². The summed E-state index contributed by atoms with van der Waals surface area (Å²) in [6, 6.07) is 8.50. The summed E-state index contributed by atoms with van der Waals surface area (Å²) in [5, 5.41) is 2.87. The molecule has 4 nitrogen and oxygen atoms in total. The van der Waals surface area contributed by atoms with Gasteiger partial charge in [0.15, 0.2) is 0 Å². The minimum absolute atomic E-state index is 0. The van der Waals surface area contributed by atoms with E-state index < -0.39 is 5.54 Å². The van der Waals surface area contributed by atoms with E-state index in [1.807, 2.05) is 0 Å². The van der Waals surface area contributed by atoms with Crippen LogP contribution < -0.4 is 11.1 Å². The maximum absolute atomic E-state index is 11.8. The normalized spacial score (nSPS) is 18.2. The minimum atomic E-state index is -0.828. The number of hydrogen-bond donors (Lipinski definition) is 2. The van der Waals surface area contributed by atoms with Crippen LogP contribution in [0, 0.1) is 5.92 Å². The van der Waals surface area contributed by atoms with E-state index in [2.05, 4.69) is 41.4 Å². The SMILES string of the molecule is CC1CCCN(Cc2ccc(CNC(=O)C(C)(C)N)cc2)C1.Cl.Cl. The first-order chi connectivity index (χ1) is 10.3. The lowest BCUT2D eigenvalue weighted by Gasteiger charge is -2.30. The van der Waals surface area contributed by atoms with Crippen molar-refractivity contribution in [3.8, 4) is 0 Å². The molecule has 0 aromatic heterocycles. The van der Waals surface area contributed by atoms with Crippen molar-refractivity contribution in [1.82, 2.24) is 10.2 Å². The zero-order valence-electron chi connectivity index (χ0n) is 14.9. The topological polar surface area (TPSA) is 58.4 Å². The molecule has 138 valence electrons. The summed E-state index contributed by atoms with van der Waals surface area (Å²) in [4.78, 5) is 14.3. The smallest absolute Gasteiger partial charge is 0.239 e. The predicted octanol–water partition coefficient (Wildman–Crippen LogP) is 3.12. The molecule has 0 aliphatic carbocycles. The molecule has 1 unspecified atom stereocenters. The van der Waals surface area contributed by atoms with Gasteiger partial charge >= 0.3 is 0 Å². The van der Waals surface area contributed by atoms with Crippen LogP contribution in [0.3, 0.4) is 0 Å². The number of nitrogens with two attached hydrogens (primary N) is 1. The van der Waals surface area contributed by atoms with Gasteiger partial charge in [-0.3, -0.25) is 9.69 Å². The van der Waals surface area contributed by atoms with Crippen molar-refractivity contribution in [2.75, 3.05) is 13.1 Å². The Morgan fingerprint density at radius 3 is 2.38 bits per heavy atom. The largest absolute Gasteiger partial charge is 0.350 e. The van der Waals surface area contributed by atoms with Crippen molar-refractivity contribution in [3.63, 3.8) is 0 Å². The summed E-state index contributed by atoms with van der Waals surface area (Å²) in [5.74, 6) is 0.682. The lowest BCUT2D eigenvalue weighted by Crippen LogP contribution is -2.48. The highest BCUT2D eigenvalue weighted by molar-refractivity contribution is 5.85. The molecule has 1 aliphatic heterocycles. The van der Waals surface area contributed by atoms with E-state index in [1.54, 1.807) is 13.8 Å². The van der Waals surface area contributed by atoms with E-state index in [0.717, 1.165) is 18.0 Å². The Hall–Kier alpha value is -0.810. The van der Waals surface area contributed by atoms with Crippen molar-refractivity contribution in [2.45, 2.75) is 52.2 Å². The van der Waals surface area contributed by atoms with Crippen LogP contribution in [0.15, 0.2) is 24.3 Å². The van der Waals surface area contributed by atoms with Crippen LogP contribution in [0.5, 0.6) is 0 Å². The molecular weight excluding hydrogens is 345 g/mol. The quantitative estimate of drug-likeness (QED) is 0.830. The molecular formula is C18H31Cl2N3O. The molecule has 1 heterocycles. The van der Waals surface area contributed by atoms with Crippen LogP contribution in [0.2, 0.25) is 0 Å².